The van der Waals surface area contributed by atoms with Gasteiger partial charge in [0.25, 0.3) is 11.8 Å². The number of rotatable bonds is 4. The van der Waals surface area contributed by atoms with E-state index in [1.54, 1.807) is 31.3 Å². The van der Waals surface area contributed by atoms with Gasteiger partial charge in [-0.1, -0.05) is 48.5 Å². The Morgan fingerprint density at radius 2 is 1.48 bits per heavy atom. The summed E-state index contributed by atoms with van der Waals surface area (Å²) in [5.74, 6) is -0.560. The van der Waals surface area contributed by atoms with Gasteiger partial charge in [-0.3, -0.25) is 14.4 Å². The van der Waals surface area contributed by atoms with Crippen molar-refractivity contribution in [2.45, 2.75) is 12.8 Å². The summed E-state index contributed by atoms with van der Waals surface area (Å²) < 4.78 is 0. The topological polar surface area (TPSA) is 78.5 Å². The second kappa shape index (κ2) is 9.00. The molecule has 1 aliphatic heterocycles. The molecule has 31 heavy (non-hydrogen) atoms. The highest BCUT2D eigenvalue weighted by atomic mass is 16.2. The first-order valence-corrected chi connectivity index (χ1v) is 10.5. The minimum atomic E-state index is -0.244. The van der Waals surface area contributed by atoms with Gasteiger partial charge in [-0.2, -0.15) is 0 Å². The van der Waals surface area contributed by atoms with E-state index in [4.69, 9.17) is 0 Å². The first kappa shape index (κ1) is 20.6. The van der Waals surface area contributed by atoms with Gasteiger partial charge in [-0.25, -0.2) is 0 Å². The van der Waals surface area contributed by atoms with Crippen LogP contribution < -0.4 is 10.6 Å². The lowest BCUT2D eigenvalue weighted by molar-refractivity contribution is -0.121. The summed E-state index contributed by atoms with van der Waals surface area (Å²) in [7, 11) is 1.56. The Bertz CT molecular complexity index is 1130. The third-order valence-corrected chi connectivity index (χ3v) is 5.83. The maximum atomic E-state index is 13.1. The molecule has 0 aromatic heterocycles. The third kappa shape index (κ3) is 4.28. The number of carbonyl (C=O) groups is 3. The second-order valence-electron chi connectivity index (χ2n) is 7.71. The van der Waals surface area contributed by atoms with E-state index in [2.05, 4.69) is 10.6 Å². The Labute approximate surface area is 181 Å². The van der Waals surface area contributed by atoms with Gasteiger partial charge >= 0.3 is 0 Å². The number of nitrogens with one attached hydrogen (secondary N) is 2. The number of carbonyl (C=O) groups excluding carboxylic acids is 3. The van der Waals surface area contributed by atoms with Crippen molar-refractivity contribution in [1.29, 1.82) is 0 Å². The van der Waals surface area contributed by atoms with Crippen LogP contribution in [0.3, 0.4) is 0 Å². The first-order chi connectivity index (χ1) is 15.1. The molecule has 0 aliphatic carbocycles. The van der Waals surface area contributed by atoms with E-state index in [0.717, 1.165) is 10.8 Å². The Kier molecular flexibility index (Phi) is 5.98. The Morgan fingerprint density at radius 3 is 2.26 bits per heavy atom. The molecule has 0 radical (unpaired) electrons. The molecule has 2 N–H and O–H groups in total. The molecule has 6 heteroatoms. The normalized spacial score (nSPS) is 14.3. The van der Waals surface area contributed by atoms with Crippen molar-refractivity contribution in [1.82, 2.24) is 10.2 Å². The maximum Gasteiger partial charge on any atom is 0.254 e. The zero-order valence-corrected chi connectivity index (χ0v) is 17.4. The average molecular weight is 415 g/mol. The molecular formula is C25H25N3O3. The monoisotopic (exact) mass is 415 g/mol. The molecule has 0 spiro atoms. The minimum absolute atomic E-state index is 0.000575. The van der Waals surface area contributed by atoms with Crippen molar-refractivity contribution in [2.75, 3.05) is 25.5 Å². The number of fused-ring (bicyclic) bond motifs is 1. The summed E-state index contributed by atoms with van der Waals surface area (Å²) in [4.78, 5) is 39.8. The van der Waals surface area contributed by atoms with Gasteiger partial charge in [0.15, 0.2) is 0 Å². The summed E-state index contributed by atoms with van der Waals surface area (Å²) in [6.45, 7) is 1.05. The van der Waals surface area contributed by atoms with Gasteiger partial charge in [-0.15, -0.1) is 0 Å². The molecule has 4 rings (SSSR count). The number of anilines is 1. The van der Waals surface area contributed by atoms with Crippen LogP contribution in [0.1, 0.15) is 33.6 Å². The van der Waals surface area contributed by atoms with Crippen molar-refractivity contribution in [3.8, 4) is 0 Å². The van der Waals surface area contributed by atoms with Gasteiger partial charge in [0.05, 0.1) is 11.3 Å². The lowest BCUT2D eigenvalue weighted by Crippen LogP contribution is -2.41. The SMILES string of the molecule is CNC(=O)c1ccccc1NC(=O)C1CCN(C(=O)c2cccc3ccccc23)CC1. The third-order valence-electron chi connectivity index (χ3n) is 5.83. The quantitative estimate of drug-likeness (QED) is 0.682. The van der Waals surface area contributed by atoms with Crippen LogP contribution in [0.25, 0.3) is 10.8 Å². The zero-order chi connectivity index (χ0) is 21.8. The molecule has 3 amide bonds. The largest absolute Gasteiger partial charge is 0.355 e. The van der Waals surface area contributed by atoms with Crippen LogP contribution >= 0.6 is 0 Å². The van der Waals surface area contributed by atoms with Gasteiger partial charge in [-0.05, 0) is 41.8 Å². The first-order valence-electron chi connectivity index (χ1n) is 10.5. The van der Waals surface area contributed by atoms with Crippen LogP contribution in [0.15, 0.2) is 66.7 Å². The molecule has 0 atom stereocenters. The summed E-state index contributed by atoms with van der Waals surface area (Å²) >= 11 is 0. The molecule has 158 valence electrons. The van der Waals surface area contributed by atoms with Gasteiger partial charge in [0.2, 0.25) is 5.91 Å². The highest BCUT2D eigenvalue weighted by Crippen LogP contribution is 2.25. The number of likely N-dealkylation sites (tertiary alicyclic amines) is 1. The summed E-state index contributed by atoms with van der Waals surface area (Å²) in [5, 5.41) is 7.46. The fourth-order valence-corrected chi connectivity index (χ4v) is 4.09. The van der Waals surface area contributed by atoms with Crippen LogP contribution in [0.2, 0.25) is 0 Å². The molecule has 1 fully saturated rings. The van der Waals surface area contributed by atoms with Crippen LogP contribution in [-0.2, 0) is 4.79 Å². The van der Waals surface area contributed by atoms with Crippen LogP contribution in [0.4, 0.5) is 5.69 Å². The fraction of sp³-hybridized carbons (Fsp3) is 0.240. The van der Waals surface area contributed by atoms with Crippen molar-refractivity contribution >= 4 is 34.2 Å². The second-order valence-corrected chi connectivity index (χ2v) is 7.71. The minimum Gasteiger partial charge on any atom is -0.355 e. The van der Waals surface area contributed by atoms with Crippen molar-refractivity contribution in [3.05, 3.63) is 77.9 Å². The predicted molar refractivity (Wildman–Crippen MR) is 121 cm³/mol. The molecule has 6 nitrogen and oxygen atoms in total. The van der Waals surface area contributed by atoms with E-state index in [1.165, 1.54) is 0 Å². The van der Waals surface area contributed by atoms with Gasteiger partial charge < -0.3 is 15.5 Å². The lowest BCUT2D eigenvalue weighted by atomic mass is 9.94. The maximum absolute atomic E-state index is 13.1. The number of amides is 3. The van der Waals surface area contributed by atoms with Crippen LogP contribution in [0, 0.1) is 5.92 Å². The number of benzene rings is 3. The Balaban J connectivity index is 1.41. The van der Waals surface area contributed by atoms with Gasteiger partial charge in [0, 0.05) is 31.6 Å². The predicted octanol–water partition coefficient (Wildman–Crippen LogP) is 3.69. The summed E-state index contributed by atoms with van der Waals surface area (Å²) in [5.41, 5.74) is 1.63. The highest BCUT2D eigenvalue weighted by Gasteiger charge is 2.29. The van der Waals surface area contributed by atoms with E-state index < -0.39 is 0 Å². The molecule has 1 saturated heterocycles. The number of para-hydroxylation sites is 1. The van der Waals surface area contributed by atoms with Crippen molar-refractivity contribution in [3.63, 3.8) is 0 Å². The van der Waals surface area contributed by atoms with Gasteiger partial charge in [0.1, 0.15) is 0 Å². The number of hydrogen-bond acceptors (Lipinski definition) is 3. The Morgan fingerprint density at radius 1 is 0.839 bits per heavy atom. The fourth-order valence-electron chi connectivity index (χ4n) is 4.09. The smallest absolute Gasteiger partial charge is 0.254 e. The Hall–Kier alpha value is -3.67. The van der Waals surface area contributed by atoms with E-state index in [1.807, 2.05) is 47.4 Å². The zero-order valence-electron chi connectivity index (χ0n) is 17.4. The number of nitrogens with zero attached hydrogens (tertiary/aromatic N) is 1. The van der Waals surface area contributed by atoms with E-state index in [9.17, 15) is 14.4 Å². The molecule has 1 heterocycles. The molecule has 3 aromatic rings. The van der Waals surface area contributed by atoms with Crippen molar-refractivity contribution in [2.24, 2.45) is 5.92 Å². The molecule has 1 aliphatic rings. The molecule has 0 bridgehead atoms. The molecular weight excluding hydrogens is 390 g/mol. The average Bonchev–Trinajstić information content (AvgIpc) is 2.83. The van der Waals surface area contributed by atoms with E-state index in [-0.39, 0.29) is 23.6 Å². The number of piperidine rings is 1. The summed E-state index contributed by atoms with van der Waals surface area (Å²) in [6, 6.07) is 20.6. The molecule has 3 aromatic carbocycles. The van der Waals surface area contributed by atoms with E-state index in [0.29, 0.717) is 42.7 Å². The standard InChI is InChI=1S/C25H25N3O3/c1-26-24(30)21-10-4-5-12-22(21)27-23(29)18-13-15-28(16-14-18)25(31)20-11-6-8-17-7-2-3-9-19(17)20/h2-12,18H,13-16H2,1H3,(H,26,30)(H,27,29). The van der Waals surface area contributed by atoms with E-state index >= 15 is 0 Å². The number of hydrogen-bond donors (Lipinski definition) is 2. The van der Waals surface area contributed by atoms with Crippen molar-refractivity contribution < 1.29 is 14.4 Å². The molecule has 0 saturated carbocycles. The molecule has 0 unspecified atom stereocenters. The van der Waals surface area contributed by atoms with Crippen LogP contribution in [-0.4, -0.2) is 42.8 Å². The lowest BCUT2D eigenvalue weighted by Gasteiger charge is -2.31. The summed E-state index contributed by atoms with van der Waals surface area (Å²) in [6.07, 6.45) is 1.18. The van der Waals surface area contributed by atoms with Crippen LogP contribution in [0.5, 0.6) is 0 Å². The highest BCUT2D eigenvalue weighted by molar-refractivity contribution is 6.07.